The molecule has 0 saturated carbocycles. The van der Waals surface area contributed by atoms with E-state index in [1.807, 2.05) is 62.4 Å². The largest absolute Gasteiger partial charge is 0.324 e. The highest BCUT2D eigenvalue weighted by atomic mass is 79.9. The zero-order valence-electron chi connectivity index (χ0n) is 13.6. The predicted molar refractivity (Wildman–Crippen MR) is 97.6 cm³/mol. The van der Waals surface area contributed by atoms with Crippen molar-refractivity contribution < 1.29 is 9.59 Å². The lowest BCUT2D eigenvalue weighted by atomic mass is 9.95. The summed E-state index contributed by atoms with van der Waals surface area (Å²) in [5.41, 5.74) is 2.65. The molecule has 1 N–H and O–H groups in total. The molecule has 0 unspecified atom stereocenters. The molecule has 24 heavy (non-hydrogen) atoms. The average molecular weight is 387 g/mol. The number of rotatable bonds is 2. The molecule has 2 amide bonds. The van der Waals surface area contributed by atoms with Crippen molar-refractivity contribution in [3.8, 4) is 0 Å². The van der Waals surface area contributed by atoms with Crippen LogP contribution < -0.4 is 5.32 Å². The van der Waals surface area contributed by atoms with Gasteiger partial charge in [-0.05, 0) is 23.8 Å². The zero-order valence-corrected chi connectivity index (χ0v) is 15.2. The first-order chi connectivity index (χ1) is 11.5. The van der Waals surface area contributed by atoms with E-state index in [4.69, 9.17) is 0 Å². The highest BCUT2D eigenvalue weighted by Crippen LogP contribution is 2.37. The lowest BCUT2D eigenvalue weighted by molar-refractivity contribution is -0.139. The number of carbonyl (C=O) groups excluding carboxylic acids is 2. The van der Waals surface area contributed by atoms with Crippen molar-refractivity contribution in [3.05, 3.63) is 64.1 Å². The third-order valence-electron chi connectivity index (χ3n) is 4.10. The molecular weight excluding hydrogens is 368 g/mol. The van der Waals surface area contributed by atoms with E-state index in [1.165, 1.54) is 0 Å². The van der Waals surface area contributed by atoms with Gasteiger partial charge >= 0.3 is 0 Å². The van der Waals surface area contributed by atoms with Crippen LogP contribution in [0.15, 0.2) is 53.0 Å². The van der Waals surface area contributed by atoms with E-state index in [9.17, 15) is 9.59 Å². The molecule has 1 aliphatic heterocycles. The van der Waals surface area contributed by atoms with Crippen LogP contribution in [0.1, 0.15) is 31.0 Å². The summed E-state index contributed by atoms with van der Waals surface area (Å²) in [7, 11) is 0. The van der Waals surface area contributed by atoms with Crippen molar-refractivity contribution in [1.29, 1.82) is 0 Å². The fourth-order valence-electron chi connectivity index (χ4n) is 3.01. The number of fused-ring (bicyclic) bond motifs is 1. The minimum absolute atomic E-state index is 0.0353. The lowest BCUT2D eigenvalue weighted by Crippen LogP contribution is -2.41. The van der Waals surface area contributed by atoms with Gasteiger partial charge in [0.05, 0.1) is 6.04 Å². The molecule has 0 fully saturated rings. The monoisotopic (exact) mass is 386 g/mol. The van der Waals surface area contributed by atoms with Gasteiger partial charge in [-0.2, -0.15) is 0 Å². The maximum Gasteiger partial charge on any atom is 0.244 e. The molecule has 1 atom stereocenters. The smallest absolute Gasteiger partial charge is 0.244 e. The second-order valence-corrected chi connectivity index (χ2v) is 7.13. The van der Waals surface area contributed by atoms with Crippen LogP contribution in [-0.2, 0) is 9.59 Å². The Morgan fingerprint density at radius 3 is 2.58 bits per heavy atom. The molecule has 0 aliphatic carbocycles. The van der Waals surface area contributed by atoms with Gasteiger partial charge in [0.1, 0.15) is 6.54 Å². The van der Waals surface area contributed by atoms with Crippen molar-refractivity contribution >= 4 is 33.4 Å². The van der Waals surface area contributed by atoms with Crippen molar-refractivity contribution in [3.63, 3.8) is 0 Å². The molecule has 2 aromatic carbocycles. The van der Waals surface area contributed by atoms with Gasteiger partial charge in [0, 0.05) is 21.6 Å². The van der Waals surface area contributed by atoms with Crippen LogP contribution >= 0.6 is 15.9 Å². The molecule has 0 spiro atoms. The molecule has 0 radical (unpaired) electrons. The first kappa shape index (κ1) is 16.7. The zero-order chi connectivity index (χ0) is 17.3. The number of hydrogen-bond donors (Lipinski definition) is 1. The maximum absolute atomic E-state index is 12.8. The maximum atomic E-state index is 12.8. The Labute approximate surface area is 150 Å². The summed E-state index contributed by atoms with van der Waals surface area (Å²) in [6.45, 7) is 3.76. The SMILES string of the molecule is CC(C)C(=O)N1CC(=O)Nc2ccc(Br)cc2[C@@H]1c1ccccc1. The minimum atomic E-state index is -0.299. The van der Waals surface area contributed by atoms with E-state index in [2.05, 4.69) is 21.2 Å². The molecule has 2 aromatic rings. The van der Waals surface area contributed by atoms with Gasteiger partial charge in [0.15, 0.2) is 0 Å². The summed E-state index contributed by atoms with van der Waals surface area (Å²) in [6, 6.07) is 15.3. The third-order valence-corrected chi connectivity index (χ3v) is 4.59. The number of halogens is 1. The summed E-state index contributed by atoms with van der Waals surface area (Å²) >= 11 is 3.50. The summed E-state index contributed by atoms with van der Waals surface area (Å²) in [4.78, 5) is 26.8. The summed E-state index contributed by atoms with van der Waals surface area (Å²) in [5.74, 6) is -0.393. The van der Waals surface area contributed by atoms with Gasteiger partial charge in [-0.3, -0.25) is 9.59 Å². The van der Waals surface area contributed by atoms with Crippen LogP contribution in [0.4, 0.5) is 5.69 Å². The van der Waals surface area contributed by atoms with Crippen LogP contribution in [0, 0.1) is 5.92 Å². The van der Waals surface area contributed by atoms with Crippen LogP contribution in [0.5, 0.6) is 0 Å². The molecule has 1 heterocycles. The topological polar surface area (TPSA) is 49.4 Å². The number of nitrogens with zero attached hydrogens (tertiary/aromatic N) is 1. The van der Waals surface area contributed by atoms with Crippen LogP contribution in [0.25, 0.3) is 0 Å². The normalized spacial score (nSPS) is 17.2. The Morgan fingerprint density at radius 1 is 1.21 bits per heavy atom. The molecule has 124 valence electrons. The van der Waals surface area contributed by atoms with Gasteiger partial charge in [0.25, 0.3) is 0 Å². The van der Waals surface area contributed by atoms with Crippen molar-refractivity contribution in [2.75, 3.05) is 11.9 Å². The molecule has 0 saturated heterocycles. The Morgan fingerprint density at radius 2 is 1.92 bits per heavy atom. The van der Waals surface area contributed by atoms with Gasteiger partial charge in [0.2, 0.25) is 11.8 Å². The first-order valence-corrected chi connectivity index (χ1v) is 8.71. The second-order valence-electron chi connectivity index (χ2n) is 6.21. The molecule has 1 aliphatic rings. The van der Waals surface area contributed by atoms with Crippen molar-refractivity contribution in [1.82, 2.24) is 4.90 Å². The minimum Gasteiger partial charge on any atom is -0.324 e. The van der Waals surface area contributed by atoms with Crippen LogP contribution in [0.2, 0.25) is 0 Å². The summed E-state index contributed by atoms with van der Waals surface area (Å²) in [5, 5.41) is 2.92. The Hall–Kier alpha value is -2.14. The number of amides is 2. The number of benzene rings is 2. The standard InChI is InChI=1S/C19H19BrN2O2/c1-12(2)19(24)22-11-17(23)21-16-9-8-14(20)10-15(16)18(22)13-6-4-3-5-7-13/h3-10,12,18H,11H2,1-2H3,(H,21,23)/t18-/m0/s1. The molecule has 0 aromatic heterocycles. The first-order valence-electron chi connectivity index (χ1n) is 7.92. The van der Waals surface area contributed by atoms with E-state index in [-0.39, 0.29) is 30.3 Å². The summed E-state index contributed by atoms with van der Waals surface area (Å²) in [6.07, 6.45) is 0. The van der Waals surface area contributed by atoms with E-state index in [0.29, 0.717) is 0 Å². The van der Waals surface area contributed by atoms with E-state index >= 15 is 0 Å². The molecule has 3 rings (SSSR count). The highest BCUT2D eigenvalue weighted by molar-refractivity contribution is 9.10. The summed E-state index contributed by atoms with van der Waals surface area (Å²) < 4.78 is 0.912. The van der Waals surface area contributed by atoms with Gasteiger partial charge in [-0.15, -0.1) is 0 Å². The van der Waals surface area contributed by atoms with Gasteiger partial charge in [-0.25, -0.2) is 0 Å². The van der Waals surface area contributed by atoms with Crippen molar-refractivity contribution in [2.24, 2.45) is 5.92 Å². The van der Waals surface area contributed by atoms with Gasteiger partial charge in [-0.1, -0.05) is 60.1 Å². The Kier molecular flexibility index (Phi) is 4.71. The lowest BCUT2D eigenvalue weighted by Gasteiger charge is -2.32. The van der Waals surface area contributed by atoms with Crippen LogP contribution in [-0.4, -0.2) is 23.3 Å². The van der Waals surface area contributed by atoms with E-state index in [1.54, 1.807) is 4.90 Å². The highest BCUT2D eigenvalue weighted by Gasteiger charge is 2.34. The number of nitrogens with one attached hydrogen (secondary N) is 1. The fraction of sp³-hybridized carbons (Fsp3) is 0.263. The Balaban J connectivity index is 2.21. The fourth-order valence-corrected chi connectivity index (χ4v) is 3.39. The predicted octanol–water partition coefficient (Wildman–Crippen LogP) is 3.98. The average Bonchev–Trinajstić information content (AvgIpc) is 2.70. The van der Waals surface area contributed by atoms with Crippen molar-refractivity contribution in [2.45, 2.75) is 19.9 Å². The van der Waals surface area contributed by atoms with Gasteiger partial charge < -0.3 is 10.2 Å². The quantitative estimate of drug-likeness (QED) is 0.848. The molecule has 5 heteroatoms. The number of hydrogen-bond acceptors (Lipinski definition) is 2. The van der Waals surface area contributed by atoms with E-state index in [0.717, 1.165) is 21.3 Å². The number of carbonyl (C=O) groups is 2. The van der Waals surface area contributed by atoms with E-state index < -0.39 is 0 Å². The van der Waals surface area contributed by atoms with Crippen LogP contribution in [0.3, 0.4) is 0 Å². The number of anilines is 1. The molecular formula is C19H19BrN2O2. The molecule has 0 bridgehead atoms. The Bertz CT molecular complexity index is 774. The molecule has 4 nitrogen and oxygen atoms in total. The third kappa shape index (κ3) is 3.22. The second kappa shape index (κ2) is 6.77.